The van der Waals surface area contributed by atoms with Crippen molar-refractivity contribution in [3.63, 3.8) is 0 Å². The summed E-state index contributed by atoms with van der Waals surface area (Å²) in [6.45, 7) is 2.04. The number of aliphatic hydroxyl groups excluding tert-OH is 1. The number of nitrogens with zero attached hydrogens (tertiary/aromatic N) is 1. The van der Waals surface area contributed by atoms with Crippen molar-refractivity contribution >= 4 is 21.6 Å². The van der Waals surface area contributed by atoms with Gasteiger partial charge >= 0.3 is 0 Å². The Bertz CT molecular complexity index is 672. The highest BCUT2D eigenvalue weighted by Gasteiger charge is 2.12. The topological polar surface area (TPSA) is 33.1 Å². The minimum Gasteiger partial charge on any atom is -0.388 e. The maximum absolute atomic E-state index is 10.3. The van der Waals surface area contributed by atoms with Crippen molar-refractivity contribution in [2.75, 3.05) is 0 Å². The third-order valence-electron chi connectivity index (χ3n) is 3.13. The van der Waals surface area contributed by atoms with Crippen molar-refractivity contribution in [3.8, 4) is 0 Å². The molecule has 3 heteroatoms. The Balaban J connectivity index is 1.84. The number of hydrogen-bond donors (Lipinski definition) is 1. The predicted octanol–water partition coefficient (Wildman–Crippen LogP) is 3.88. The van der Waals surface area contributed by atoms with E-state index < -0.39 is 6.10 Å². The second kappa shape index (κ2) is 5.11. The molecule has 0 saturated heterocycles. The highest BCUT2D eigenvalue weighted by Crippen LogP contribution is 2.26. The van der Waals surface area contributed by atoms with E-state index in [0.29, 0.717) is 6.42 Å². The summed E-state index contributed by atoms with van der Waals surface area (Å²) in [5.74, 6) is 0. The van der Waals surface area contributed by atoms with Crippen LogP contribution in [-0.2, 0) is 6.42 Å². The predicted molar refractivity (Wildman–Crippen MR) is 79.5 cm³/mol. The number of thiazole rings is 1. The fourth-order valence-corrected chi connectivity index (χ4v) is 3.17. The van der Waals surface area contributed by atoms with Gasteiger partial charge in [0.1, 0.15) is 0 Å². The second-order valence-electron chi connectivity index (χ2n) is 4.71. The van der Waals surface area contributed by atoms with Gasteiger partial charge in [0.05, 0.1) is 21.3 Å². The molecule has 0 saturated carbocycles. The lowest BCUT2D eigenvalue weighted by Gasteiger charge is -2.09. The maximum atomic E-state index is 10.3. The Morgan fingerprint density at radius 1 is 1.16 bits per heavy atom. The van der Waals surface area contributed by atoms with Crippen LogP contribution in [0.5, 0.6) is 0 Å². The van der Waals surface area contributed by atoms with Gasteiger partial charge in [-0.2, -0.15) is 0 Å². The molecule has 96 valence electrons. The Morgan fingerprint density at radius 2 is 2.00 bits per heavy atom. The number of aromatic nitrogens is 1. The van der Waals surface area contributed by atoms with Gasteiger partial charge in [0.25, 0.3) is 0 Å². The van der Waals surface area contributed by atoms with E-state index >= 15 is 0 Å². The molecule has 0 bridgehead atoms. The van der Waals surface area contributed by atoms with Gasteiger partial charge in [-0.25, -0.2) is 4.98 Å². The smallest absolute Gasteiger partial charge is 0.0967 e. The second-order valence-corrected chi connectivity index (χ2v) is 5.82. The number of fused-ring (bicyclic) bond motifs is 1. The molecule has 3 aromatic rings. The van der Waals surface area contributed by atoms with Crippen molar-refractivity contribution in [1.29, 1.82) is 0 Å². The first-order valence-corrected chi connectivity index (χ1v) is 7.13. The van der Waals surface area contributed by atoms with E-state index in [9.17, 15) is 5.11 Å². The molecule has 0 amide bonds. The van der Waals surface area contributed by atoms with Gasteiger partial charge in [0.15, 0.2) is 0 Å². The van der Waals surface area contributed by atoms with Gasteiger partial charge in [-0.15, -0.1) is 11.3 Å². The van der Waals surface area contributed by atoms with Crippen LogP contribution in [-0.4, -0.2) is 10.1 Å². The van der Waals surface area contributed by atoms with Gasteiger partial charge in [-0.1, -0.05) is 42.0 Å². The first kappa shape index (κ1) is 12.3. The van der Waals surface area contributed by atoms with Crippen LogP contribution < -0.4 is 0 Å². The third kappa shape index (κ3) is 2.67. The summed E-state index contributed by atoms with van der Waals surface area (Å²) < 4.78 is 1.17. The lowest BCUT2D eigenvalue weighted by molar-refractivity contribution is 0.178. The molecule has 1 unspecified atom stereocenters. The number of para-hydroxylation sites is 1. The zero-order chi connectivity index (χ0) is 13.2. The SMILES string of the molecule is Cc1cccc(C(O)Cc2nc3ccccc3s2)c1. The Labute approximate surface area is 116 Å². The van der Waals surface area contributed by atoms with Crippen LogP contribution >= 0.6 is 11.3 Å². The van der Waals surface area contributed by atoms with Crippen LogP contribution in [0.15, 0.2) is 48.5 Å². The molecule has 1 aromatic heterocycles. The summed E-state index contributed by atoms with van der Waals surface area (Å²) in [7, 11) is 0. The van der Waals surface area contributed by atoms with E-state index in [0.717, 1.165) is 16.1 Å². The maximum Gasteiger partial charge on any atom is 0.0967 e. The molecule has 1 atom stereocenters. The molecule has 0 aliphatic heterocycles. The molecule has 19 heavy (non-hydrogen) atoms. The normalized spacial score (nSPS) is 12.7. The number of aliphatic hydroxyl groups is 1. The van der Waals surface area contributed by atoms with E-state index in [-0.39, 0.29) is 0 Å². The molecular formula is C16H15NOS. The van der Waals surface area contributed by atoms with Crippen molar-refractivity contribution < 1.29 is 5.11 Å². The minimum atomic E-state index is -0.486. The van der Waals surface area contributed by atoms with Crippen molar-refractivity contribution in [2.24, 2.45) is 0 Å². The van der Waals surface area contributed by atoms with Gasteiger partial charge in [-0.05, 0) is 24.6 Å². The van der Waals surface area contributed by atoms with Crippen LogP contribution in [0.1, 0.15) is 22.2 Å². The Hall–Kier alpha value is -1.71. The molecule has 2 aromatic carbocycles. The van der Waals surface area contributed by atoms with Crippen LogP contribution in [0.2, 0.25) is 0 Å². The summed E-state index contributed by atoms with van der Waals surface area (Å²) >= 11 is 1.65. The molecule has 0 spiro atoms. The summed E-state index contributed by atoms with van der Waals surface area (Å²) in [5.41, 5.74) is 3.14. The van der Waals surface area contributed by atoms with Crippen LogP contribution in [0.25, 0.3) is 10.2 Å². The molecule has 1 heterocycles. The molecule has 0 aliphatic rings. The Kier molecular flexibility index (Phi) is 3.32. The summed E-state index contributed by atoms with van der Waals surface area (Å²) in [6.07, 6.45) is 0.0865. The standard InChI is InChI=1S/C16H15NOS/c1-11-5-4-6-12(9-11)14(18)10-16-17-13-7-2-3-8-15(13)19-16/h2-9,14,18H,10H2,1H3. The summed E-state index contributed by atoms with van der Waals surface area (Å²) in [4.78, 5) is 4.56. The van der Waals surface area contributed by atoms with Crippen LogP contribution in [0.4, 0.5) is 0 Å². The quantitative estimate of drug-likeness (QED) is 0.782. The Morgan fingerprint density at radius 3 is 2.79 bits per heavy atom. The molecule has 1 N–H and O–H groups in total. The van der Waals surface area contributed by atoms with E-state index in [1.54, 1.807) is 11.3 Å². The average Bonchev–Trinajstić information content (AvgIpc) is 2.80. The monoisotopic (exact) mass is 269 g/mol. The van der Waals surface area contributed by atoms with Crippen LogP contribution in [0, 0.1) is 6.92 Å². The highest BCUT2D eigenvalue weighted by molar-refractivity contribution is 7.18. The average molecular weight is 269 g/mol. The van der Waals surface area contributed by atoms with Crippen molar-refractivity contribution in [3.05, 3.63) is 64.7 Å². The largest absolute Gasteiger partial charge is 0.388 e. The first-order chi connectivity index (χ1) is 9.22. The number of benzene rings is 2. The lowest BCUT2D eigenvalue weighted by Crippen LogP contribution is -2.01. The molecule has 0 fully saturated rings. The fraction of sp³-hybridized carbons (Fsp3) is 0.188. The van der Waals surface area contributed by atoms with Crippen molar-refractivity contribution in [1.82, 2.24) is 4.98 Å². The number of rotatable bonds is 3. The summed E-state index contributed by atoms with van der Waals surface area (Å²) in [6, 6.07) is 16.1. The van der Waals surface area contributed by atoms with E-state index in [1.807, 2.05) is 49.4 Å². The minimum absolute atomic E-state index is 0.486. The number of hydrogen-bond acceptors (Lipinski definition) is 3. The zero-order valence-corrected chi connectivity index (χ0v) is 11.5. The summed E-state index contributed by atoms with van der Waals surface area (Å²) in [5, 5.41) is 11.3. The van der Waals surface area contributed by atoms with Gasteiger partial charge in [0.2, 0.25) is 0 Å². The number of aryl methyl sites for hydroxylation is 1. The first-order valence-electron chi connectivity index (χ1n) is 6.31. The molecule has 2 nitrogen and oxygen atoms in total. The molecule has 3 rings (SSSR count). The molecule has 0 aliphatic carbocycles. The fourth-order valence-electron chi connectivity index (χ4n) is 2.17. The van der Waals surface area contributed by atoms with Gasteiger partial charge in [-0.3, -0.25) is 0 Å². The van der Waals surface area contributed by atoms with E-state index in [4.69, 9.17) is 0 Å². The lowest BCUT2D eigenvalue weighted by atomic mass is 10.0. The molecule has 0 radical (unpaired) electrons. The van der Waals surface area contributed by atoms with Crippen molar-refractivity contribution in [2.45, 2.75) is 19.4 Å². The van der Waals surface area contributed by atoms with Gasteiger partial charge < -0.3 is 5.11 Å². The highest BCUT2D eigenvalue weighted by atomic mass is 32.1. The van der Waals surface area contributed by atoms with Gasteiger partial charge in [0, 0.05) is 6.42 Å². The molecular weight excluding hydrogens is 254 g/mol. The van der Waals surface area contributed by atoms with Crippen LogP contribution in [0.3, 0.4) is 0 Å². The van der Waals surface area contributed by atoms with E-state index in [2.05, 4.69) is 11.1 Å². The van der Waals surface area contributed by atoms with E-state index in [1.165, 1.54) is 10.3 Å². The zero-order valence-electron chi connectivity index (χ0n) is 10.7. The third-order valence-corrected chi connectivity index (χ3v) is 4.19.